The molecule has 4 heteroatoms. The van der Waals surface area contributed by atoms with E-state index in [1.807, 2.05) is 0 Å². The van der Waals surface area contributed by atoms with Gasteiger partial charge in [-0.05, 0) is 45.8 Å². The lowest BCUT2D eigenvalue weighted by Gasteiger charge is -2.30. The molecule has 1 fully saturated rings. The molecule has 1 aliphatic rings. The predicted molar refractivity (Wildman–Crippen MR) is 85.1 cm³/mol. The third-order valence-electron chi connectivity index (χ3n) is 4.44. The van der Waals surface area contributed by atoms with Crippen LogP contribution in [-0.4, -0.2) is 42.6 Å². The Labute approximate surface area is 123 Å². The van der Waals surface area contributed by atoms with Crippen LogP contribution < -0.4 is 10.6 Å². The van der Waals surface area contributed by atoms with Crippen LogP contribution in [0.1, 0.15) is 36.7 Å². The number of aryl methyl sites for hydroxylation is 2. The van der Waals surface area contributed by atoms with Crippen LogP contribution >= 0.6 is 0 Å². The minimum absolute atomic E-state index is 0.556. The Bertz CT molecular complexity index is 458. The van der Waals surface area contributed by atoms with Crippen molar-refractivity contribution >= 4 is 5.69 Å². The number of anilines is 1. The van der Waals surface area contributed by atoms with Gasteiger partial charge in [-0.15, -0.1) is 0 Å². The number of aromatic nitrogens is 1. The molecule has 0 bridgehead atoms. The van der Waals surface area contributed by atoms with Crippen LogP contribution in [-0.2, 0) is 6.54 Å². The highest BCUT2D eigenvalue weighted by Crippen LogP contribution is 2.25. The van der Waals surface area contributed by atoms with Gasteiger partial charge in [0.25, 0.3) is 0 Å². The molecular formula is C16H28N4. The van der Waals surface area contributed by atoms with Crippen molar-refractivity contribution in [3.8, 4) is 0 Å². The largest absolute Gasteiger partial charge is 0.373 e. The Morgan fingerprint density at radius 3 is 2.85 bits per heavy atom. The van der Waals surface area contributed by atoms with Gasteiger partial charge in [-0.3, -0.25) is 9.88 Å². The lowest BCUT2D eigenvalue weighted by molar-refractivity contribution is 0.270. The van der Waals surface area contributed by atoms with Crippen molar-refractivity contribution < 1.29 is 0 Å². The molecule has 4 nitrogen and oxygen atoms in total. The van der Waals surface area contributed by atoms with Crippen LogP contribution in [0, 0.1) is 13.8 Å². The number of nitrogens with zero attached hydrogens (tertiary/aromatic N) is 3. The highest BCUT2D eigenvalue weighted by Gasteiger charge is 2.25. The molecule has 1 aliphatic heterocycles. The maximum atomic E-state index is 5.92. The first-order chi connectivity index (χ1) is 9.56. The van der Waals surface area contributed by atoms with E-state index in [4.69, 9.17) is 5.73 Å². The number of likely N-dealkylation sites (N-methyl/N-ethyl adjacent to an activating group) is 2. The Balaban J connectivity index is 2.18. The second-order valence-electron chi connectivity index (χ2n) is 5.86. The van der Waals surface area contributed by atoms with Crippen LogP contribution in [0.4, 0.5) is 5.69 Å². The standard InChI is InChI=1S/C16H28N4/c1-5-20-8-6-7-14(20)11-19(4)16-9-12(2)18-13(3)15(16)10-17/h9,14H,5-8,10-11,17H2,1-4H3. The quantitative estimate of drug-likeness (QED) is 0.894. The monoisotopic (exact) mass is 276 g/mol. The van der Waals surface area contributed by atoms with Crippen LogP contribution in [0.15, 0.2) is 6.07 Å². The van der Waals surface area contributed by atoms with Crippen LogP contribution in [0.2, 0.25) is 0 Å². The van der Waals surface area contributed by atoms with Gasteiger partial charge in [-0.25, -0.2) is 0 Å². The fraction of sp³-hybridized carbons (Fsp3) is 0.688. The lowest BCUT2D eigenvalue weighted by atomic mass is 10.1. The molecule has 2 N–H and O–H groups in total. The van der Waals surface area contributed by atoms with E-state index >= 15 is 0 Å². The van der Waals surface area contributed by atoms with E-state index in [0.717, 1.165) is 24.5 Å². The normalized spacial score (nSPS) is 19.6. The summed E-state index contributed by atoms with van der Waals surface area (Å²) >= 11 is 0. The third kappa shape index (κ3) is 3.13. The number of nitrogens with two attached hydrogens (primary N) is 1. The van der Waals surface area contributed by atoms with Crippen molar-refractivity contribution in [2.75, 3.05) is 31.6 Å². The molecule has 1 aromatic heterocycles. The van der Waals surface area contributed by atoms with Crippen molar-refractivity contribution in [2.45, 2.75) is 46.2 Å². The minimum Gasteiger partial charge on any atom is -0.373 e. The van der Waals surface area contributed by atoms with Crippen LogP contribution in [0.3, 0.4) is 0 Å². The van der Waals surface area contributed by atoms with Crippen LogP contribution in [0.25, 0.3) is 0 Å². The van der Waals surface area contributed by atoms with E-state index in [-0.39, 0.29) is 0 Å². The molecule has 20 heavy (non-hydrogen) atoms. The summed E-state index contributed by atoms with van der Waals surface area (Å²) in [5.41, 5.74) is 10.5. The van der Waals surface area contributed by atoms with Gasteiger partial charge >= 0.3 is 0 Å². The van der Waals surface area contributed by atoms with Gasteiger partial charge in [0.2, 0.25) is 0 Å². The summed E-state index contributed by atoms with van der Waals surface area (Å²) in [6, 6.07) is 2.84. The second kappa shape index (κ2) is 6.55. The highest BCUT2D eigenvalue weighted by molar-refractivity contribution is 5.55. The van der Waals surface area contributed by atoms with E-state index in [9.17, 15) is 0 Å². The van der Waals surface area contributed by atoms with Gasteiger partial charge in [0.15, 0.2) is 0 Å². The number of hydrogen-bond donors (Lipinski definition) is 1. The third-order valence-corrected chi connectivity index (χ3v) is 4.44. The molecule has 1 atom stereocenters. The molecule has 1 aromatic rings. The summed E-state index contributed by atoms with van der Waals surface area (Å²) in [7, 11) is 2.18. The molecular weight excluding hydrogens is 248 g/mol. The maximum Gasteiger partial charge on any atom is 0.0446 e. The first-order valence-corrected chi connectivity index (χ1v) is 7.69. The molecule has 2 heterocycles. The van der Waals surface area contributed by atoms with Crippen molar-refractivity contribution in [3.05, 3.63) is 23.0 Å². The summed E-state index contributed by atoms with van der Waals surface area (Å²) in [6.07, 6.45) is 2.63. The van der Waals surface area contributed by atoms with Crippen molar-refractivity contribution in [2.24, 2.45) is 5.73 Å². The highest BCUT2D eigenvalue weighted by atomic mass is 15.2. The van der Waals surface area contributed by atoms with E-state index in [0.29, 0.717) is 12.6 Å². The summed E-state index contributed by atoms with van der Waals surface area (Å²) in [4.78, 5) is 9.48. The Morgan fingerprint density at radius 2 is 2.20 bits per heavy atom. The molecule has 1 saturated heterocycles. The van der Waals surface area contributed by atoms with Gasteiger partial charge in [-0.1, -0.05) is 6.92 Å². The van der Waals surface area contributed by atoms with Gasteiger partial charge in [0.05, 0.1) is 0 Å². The number of likely N-dealkylation sites (tertiary alicyclic amines) is 1. The summed E-state index contributed by atoms with van der Waals surface area (Å²) in [6.45, 7) is 10.4. The summed E-state index contributed by atoms with van der Waals surface area (Å²) < 4.78 is 0. The molecule has 1 unspecified atom stereocenters. The van der Waals surface area contributed by atoms with Gasteiger partial charge in [0.1, 0.15) is 0 Å². The lowest BCUT2D eigenvalue weighted by Crippen LogP contribution is -2.39. The van der Waals surface area contributed by atoms with E-state index in [1.165, 1.54) is 30.6 Å². The average Bonchev–Trinajstić information content (AvgIpc) is 2.85. The molecule has 0 aromatic carbocycles. The molecule has 112 valence electrons. The van der Waals surface area contributed by atoms with Crippen molar-refractivity contribution in [1.82, 2.24) is 9.88 Å². The zero-order valence-electron chi connectivity index (χ0n) is 13.3. The molecule has 0 radical (unpaired) electrons. The fourth-order valence-electron chi connectivity index (χ4n) is 3.36. The Hall–Kier alpha value is -1.13. The van der Waals surface area contributed by atoms with Crippen molar-refractivity contribution in [1.29, 1.82) is 0 Å². The van der Waals surface area contributed by atoms with E-state index < -0.39 is 0 Å². The summed E-state index contributed by atoms with van der Waals surface area (Å²) in [5, 5.41) is 0. The zero-order valence-corrected chi connectivity index (χ0v) is 13.3. The molecule has 0 saturated carbocycles. The van der Waals surface area contributed by atoms with Gasteiger partial charge < -0.3 is 10.6 Å². The second-order valence-corrected chi connectivity index (χ2v) is 5.86. The molecule has 2 rings (SSSR count). The maximum absolute atomic E-state index is 5.92. The first kappa shape index (κ1) is 15.3. The smallest absolute Gasteiger partial charge is 0.0446 e. The van der Waals surface area contributed by atoms with E-state index in [1.54, 1.807) is 0 Å². The van der Waals surface area contributed by atoms with Crippen LogP contribution in [0.5, 0.6) is 0 Å². The first-order valence-electron chi connectivity index (χ1n) is 7.69. The summed E-state index contributed by atoms with van der Waals surface area (Å²) in [5.74, 6) is 0. The topological polar surface area (TPSA) is 45.4 Å². The van der Waals surface area contributed by atoms with Crippen molar-refractivity contribution in [3.63, 3.8) is 0 Å². The van der Waals surface area contributed by atoms with Gasteiger partial charge in [-0.2, -0.15) is 0 Å². The van der Waals surface area contributed by atoms with E-state index in [2.05, 4.69) is 48.7 Å². The minimum atomic E-state index is 0.556. The fourth-order valence-corrected chi connectivity index (χ4v) is 3.36. The predicted octanol–water partition coefficient (Wildman–Crippen LogP) is 2.08. The number of hydrogen-bond acceptors (Lipinski definition) is 4. The molecule has 0 amide bonds. The SMILES string of the molecule is CCN1CCCC1CN(C)c1cc(C)nc(C)c1CN. The molecule has 0 aliphatic carbocycles. The van der Waals surface area contributed by atoms with Gasteiger partial charge in [0, 0.05) is 48.8 Å². The number of rotatable bonds is 5. The number of pyridine rings is 1. The zero-order chi connectivity index (χ0) is 14.7. The Kier molecular flexibility index (Phi) is 5.00. The Morgan fingerprint density at radius 1 is 1.45 bits per heavy atom. The molecule has 0 spiro atoms. The average molecular weight is 276 g/mol.